The Labute approximate surface area is 77.0 Å². The second kappa shape index (κ2) is 3.01. The topological polar surface area (TPSA) is 30.7 Å². The minimum absolute atomic E-state index is 1.09. The van der Waals surface area contributed by atoms with Gasteiger partial charge in [-0.2, -0.15) is 5.10 Å². The Morgan fingerprint density at radius 3 is 2.77 bits per heavy atom. The monoisotopic (exact) mass is 173 g/mol. The largest absolute Gasteiger partial charge is 0.223 e. The second-order valence-corrected chi connectivity index (χ2v) is 3.13. The van der Waals surface area contributed by atoms with Crippen LogP contribution in [0.3, 0.4) is 0 Å². The van der Waals surface area contributed by atoms with E-state index in [1.807, 2.05) is 0 Å². The first-order valence-electron chi connectivity index (χ1n) is 4.19. The summed E-state index contributed by atoms with van der Waals surface area (Å²) in [7, 11) is 0. The predicted octanol–water partition coefficient (Wildman–Crippen LogP) is 1.88. The summed E-state index contributed by atoms with van der Waals surface area (Å²) >= 11 is 0. The van der Waals surface area contributed by atoms with E-state index in [1.165, 1.54) is 11.1 Å². The minimum Gasteiger partial charge on any atom is -0.223 e. The van der Waals surface area contributed by atoms with Crippen LogP contribution < -0.4 is 0 Å². The molecule has 2 aromatic rings. The van der Waals surface area contributed by atoms with Gasteiger partial charge in [-0.1, -0.05) is 12.1 Å². The summed E-state index contributed by atoms with van der Waals surface area (Å²) in [5.74, 6) is 0. The van der Waals surface area contributed by atoms with Gasteiger partial charge in [0.05, 0.1) is 5.69 Å². The number of aromatic nitrogens is 3. The molecule has 3 nitrogen and oxygen atoms in total. The fraction of sp³-hybridized carbons (Fsp3) is 0.200. The molecule has 0 aliphatic rings. The third-order valence-electron chi connectivity index (χ3n) is 2.03. The van der Waals surface area contributed by atoms with E-state index < -0.39 is 0 Å². The summed E-state index contributed by atoms with van der Waals surface area (Å²) in [6.07, 6.45) is 3.25. The van der Waals surface area contributed by atoms with Crippen molar-refractivity contribution < 1.29 is 0 Å². The molecule has 0 fully saturated rings. The fourth-order valence-corrected chi connectivity index (χ4v) is 1.30. The molecule has 0 N–H and O–H groups in total. The lowest BCUT2D eigenvalue weighted by Crippen LogP contribution is -1.97. The summed E-state index contributed by atoms with van der Waals surface area (Å²) in [5.41, 5.74) is 3.53. The van der Waals surface area contributed by atoms with Crippen molar-refractivity contribution in [1.29, 1.82) is 0 Å². The molecule has 1 aromatic carbocycles. The molecule has 0 saturated carbocycles. The van der Waals surface area contributed by atoms with Crippen molar-refractivity contribution >= 4 is 0 Å². The van der Waals surface area contributed by atoms with Gasteiger partial charge in [-0.05, 0) is 31.0 Å². The van der Waals surface area contributed by atoms with E-state index in [9.17, 15) is 0 Å². The maximum Gasteiger partial charge on any atom is 0.138 e. The van der Waals surface area contributed by atoms with Crippen molar-refractivity contribution in [3.05, 3.63) is 42.0 Å². The zero-order valence-corrected chi connectivity index (χ0v) is 7.73. The molecule has 0 aliphatic heterocycles. The van der Waals surface area contributed by atoms with Crippen molar-refractivity contribution in [2.45, 2.75) is 13.8 Å². The van der Waals surface area contributed by atoms with Crippen molar-refractivity contribution in [1.82, 2.24) is 14.8 Å². The summed E-state index contributed by atoms with van der Waals surface area (Å²) in [5, 5.41) is 4.09. The predicted molar refractivity (Wildman–Crippen MR) is 50.8 cm³/mol. The molecule has 0 aliphatic carbocycles. The smallest absolute Gasteiger partial charge is 0.138 e. The van der Waals surface area contributed by atoms with Gasteiger partial charge in [0.25, 0.3) is 0 Å². The van der Waals surface area contributed by atoms with E-state index in [0.717, 1.165) is 5.69 Å². The van der Waals surface area contributed by atoms with E-state index in [1.54, 1.807) is 17.3 Å². The highest BCUT2D eigenvalue weighted by Crippen LogP contribution is 2.13. The maximum absolute atomic E-state index is 4.09. The molecule has 0 spiro atoms. The first kappa shape index (κ1) is 7.98. The molecular weight excluding hydrogens is 162 g/mol. The van der Waals surface area contributed by atoms with Gasteiger partial charge >= 0.3 is 0 Å². The molecule has 0 atom stereocenters. The van der Waals surface area contributed by atoms with E-state index in [4.69, 9.17) is 0 Å². The number of rotatable bonds is 1. The molecule has 0 radical (unpaired) electrons. The van der Waals surface area contributed by atoms with Crippen LogP contribution >= 0.6 is 0 Å². The van der Waals surface area contributed by atoms with Crippen LogP contribution in [0, 0.1) is 13.8 Å². The Morgan fingerprint density at radius 1 is 1.23 bits per heavy atom. The molecule has 1 heterocycles. The number of hydrogen-bond donors (Lipinski definition) is 0. The lowest BCUT2D eigenvalue weighted by Gasteiger charge is -2.05. The van der Waals surface area contributed by atoms with Gasteiger partial charge < -0.3 is 0 Å². The lowest BCUT2D eigenvalue weighted by molar-refractivity contribution is 0.869. The molecule has 0 unspecified atom stereocenters. The third-order valence-corrected chi connectivity index (χ3v) is 2.03. The van der Waals surface area contributed by atoms with Gasteiger partial charge in [-0.3, -0.25) is 0 Å². The molecule has 0 saturated heterocycles. The molecule has 1 aromatic heterocycles. The maximum atomic E-state index is 4.09. The van der Waals surface area contributed by atoms with E-state index in [2.05, 4.69) is 42.1 Å². The van der Waals surface area contributed by atoms with Crippen LogP contribution in [-0.4, -0.2) is 14.8 Å². The van der Waals surface area contributed by atoms with Crippen molar-refractivity contribution in [3.8, 4) is 5.69 Å². The molecule has 13 heavy (non-hydrogen) atoms. The van der Waals surface area contributed by atoms with E-state index >= 15 is 0 Å². The Morgan fingerprint density at radius 2 is 2.08 bits per heavy atom. The molecule has 0 amide bonds. The molecule has 3 heteroatoms. The Bertz CT molecular complexity index is 404. The number of hydrogen-bond acceptors (Lipinski definition) is 2. The molecular formula is C10H11N3. The Hall–Kier alpha value is -1.64. The standard InChI is InChI=1S/C10H11N3/c1-8-3-4-9(2)10(5-8)13-7-11-6-12-13/h3-7H,1-2H3. The van der Waals surface area contributed by atoms with Crippen LogP contribution in [0.5, 0.6) is 0 Å². The van der Waals surface area contributed by atoms with Crippen LogP contribution in [-0.2, 0) is 0 Å². The highest BCUT2D eigenvalue weighted by molar-refractivity contribution is 5.41. The van der Waals surface area contributed by atoms with Crippen LogP contribution in [0.15, 0.2) is 30.9 Å². The fourth-order valence-electron chi connectivity index (χ4n) is 1.30. The van der Waals surface area contributed by atoms with Gasteiger partial charge in [0, 0.05) is 0 Å². The third kappa shape index (κ3) is 1.45. The normalized spacial score (nSPS) is 10.3. The van der Waals surface area contributed by atoms with Crippen molar-refractivity contribution in [2.24, 2.45) is 0 Å². The first-order valence-corrected chi connectivity index (χ1v) is 4.19. The van der Waals surface area contributed by atoms with Gasteiger partial charge in [0.15, 0.2) is 0 Å². The minimum atomic E-state index is 1.09. The summed E-state index contributed by atoms with van der Waals surface area (Å²) in [4.78, 5) is 3.92. The number of nitrogens with zero attached hydrogens (tertiary/aromatic N) is 3. The van der Waals surface area contributed by atoms with Gasteiger partial charge in [-0.15, -0.1) is 0 Å². The Kier molecular flexibility index (Phi) is 1.85. The highest BCUT2D eigenvalue weighted by Gasteiger charge is 2.00. The molecule has 66 valence electrons. The van der Waals surface area contributed by atoms with Crippen molar-refractivity contribution in [3.63, 3.8) is 0 Å². The average molecular weight is 173 g/mol. The zero-order chi connectivity index (χ0) is 9.26. The number of aryl methyl sites for hydroxylation is 2. The van der Waals surface area contributed by atoms with E-state index in [-0.39, 0.29) is 0 Å². The summed E-state index contributed by atoms with van der Waals surface area (Å²) in [6.45, 7) is 4.14. The lowest BCUT2D eigenvalue weighted by atomic mass is 10.1. The highest BCUT2D eigenvalue weighted by atomic mass is 15.3. The SMILES string of the molecule is Cc1ccc(C)c(-n2cncn2)c1. The number of benzene rings is 1. The Balaban J connectivity index is 2.57. The van der Waals surface area contributed by atoms with E-state index in [0.29, 0.717) is 0 Å². The van der Waals surface area contributed by atoms with Crippen molar-refractivity contribution in [2.75, 3.05) is 0 Å². The average Bonchev–Trinajstić information content (AvgIpc) is 2.61. The molecule has 2 rings (SSSR count). The van der Waals surface area contributed by atoms with Gasteiger partial charge in [0.1, 0.15) is 12.7 Å². The summed E-state index contributed by atoms with van der Waals surface area (Å²) < 4.78 is 1.78. The van der Waals surface area contributed by atoms with Gasteiger partial charge in [0.2, 0.25) is 0 Å². The summed E-state index contributed by atoms with van der Waals surface area (Å²) in [6, 6.07) is 6.28. The first-order chi connectivity index (χ1) is 6.27. The van der Waals surface area contributed by atoms with Gasteiger partial charge in [-0.25, -0.2) is 9.67 Å². The van der Waals surface area contributed by atoms with Crippen LogP contribution in [0.4, 0.5) is 0 Å². The van der Waals surface area contributed by atoms with Crippen LogP contribution in [0.1, 0.15) is 11.1 Å². The second-order valence-electron chi connectivity index (χ2n) is 3.13. The van der Waals surface area contributed by atoms with Crippen LogP contribution in [0.2, 0.25) is 0 Å². The zero-order valence-electron chi connectivity index (χ0n) is 7.73. The molecule has 0 bridgehead atoms. The van der Waals surface area contributed by atoms with Crippen LogP contribution in [0.25, 0.3) is 5.69 Å². The quantitative estimate of drug-likeness (QED) is 0.659.